The van der Waals surface area contributed by atoms with Crippen molar-refractivity contribution in [1.29, 1.82) is 0 Å². The van der Waals surface area contributed by atoms with Gasteiger partial charge in [-0.1, -0.05) is 54.1 Å². The molecule has 33 heavy (non-hydrogen) atoms. The van der Waals surface area contributed by atoms with Crippen molar-refractivity contribution in [2.45, 2.75) is 13.5 Å². The van der Waals surface area contributed by atoms with Crippen LogP contribution in [0, 0.1) is 6.92 Å². The van der Waals surface area contributed by atoms with Crippen molar-refractivity contribution in [2.75, 3.05) is 12.0 Å². The molecule has 7 heteroatoms. The highest BCUT2D eigenvalue weighted by Gasteiger charge is 2.36. The first-order chi connectivity index (χ1) is 16.0. The van der Waals surface area contributed by atoms with Crippen molar-refractivity contribution in [3.63, 3.8) is 0 Å². The number of amides is 4. The fourth-order valence-corrected chi connectivity index (χ4v) is 3.38. The minimum Gasteiger partial charge on any atom is -0.493 e. The molecule has 3 aromatic rings. The van der Waals surface area contributed by atoms with Crippen molar-refractivity contribution >= 4 is 29.6 Å². The van der Waals surface area contributed by atoms with E-state index >= 15 is 0 Å². The minimum atomic E-state index is -0.785. The molecule has 0 aliphatic carbocycles. The van der Waals surface area contributed by atoms with E-state index in [1.165, 1.54) is 13.2 Å². The Bertz CT molecular complexity index is 1230. The second kappa shape index (κ2) is 9.40. The number of carbonyl (C=O) groups excluding carboxylic acids is 3. The number of hydrogen-bond acceptors (Lipinski definition) is 5. The van der Waals surface area contributed by atoms with Gasteiger partial charge >= 0.3 is 6.03 Å². The van der Waals surface area contributed by atoms with Crippen LogP contribution < -0.4 is 19.7 Å². The molecule has 4 amide bonds. The molecule has 166 valence electrons. The number of rotatable bonds is 6. The Kier molecular flexibility index (Phi) is 6.22. The summed E-state index contributed by atoms with van der Waals surface area (Å²) in [4.78, 5) is 38.9. The molecule has 4 rings (SSSR count). The molecule has 1 aliphatic heterocycles. The lowest BCUT2D eigenvalue weighted by atomic mass is 10.1. The highest BCUT2D eigenvalue weighted by atomic mass is 16.5. The molecule has 0 atom stereocenters. The van der Waals surface area contributed by atoms with E-state index < -0.39 is 17.8 Å². The molecule has 0 spiro atoms. The number of hydrogen-bond donors (Lipinski definition) is 1. The Morgan fingerprint density at radius 2 is 1.64 bits per heavy atom. The predicted octanol–water partition coefficient (Wildman–Crippen LogP) is 4.25. The van der Waals surface area contributed by atoms with Crippen LogP contribution in [0.1, 0.15) is 16.7 Å². The molecule has 1 N–H and O–H groups in total. The van der Waals surface area contributed by atoms with Gasteiger partial charge in [-0.25, -0.2) is 9.69 Å². The number of urea groups is 1. The van der Waals surface area contributed by atoms with Gasteiger partial charge in [-0.2, -0.15) is 0 Å². The summed E-state index contributed by atoms with van der Waals surface area (Å²) in [5, 5.41) is 2.23. The molecular formula is C26H22N2O5. The van der Waals surface area contributed by atoms with Crippen LogP contribution in [0.5, 0.6) is 11.5 Å². The number of imide groups is 2. The molecule has 3 aromatic carbocycles. The number of aryl methyl sites for hydroxylation is 1. The third-order valence-electron chi connectivity index (χ3n) is 5.13. The topological polar surface area (TPSA) is 84.9 Å². The first kappa shape index (κ1) is 21.8. The van der Waals surface area contributed by atoms with E-state index in [0.29, 0.717) is 29.4 Å². The van der Waals surface area contributed by atoms with E-state index in [2.05, 4.69) is 5.32 Å². The van der Waals surface area contributed by atoms with E-state index in [-0.39, 0.29) is 5.57 Å². The number of carbonyl (C=O) groups is 3. The summed E-state index contributed by atoms with van der Waals surface area (Å²) in [7, 11) is 1.53. The first-order valence-corrected chi connectivity index (χ1v) is 10.3. The van der Waals surface area contributed by atoms with Crippen molar-refractivity contribution in [1.82, 2.24) is 5.32 Å². The van der Waals surface area contributed by atoms with Crippen LogP contribution in [0.4, 0.5) is 10.5 Å². The highest BCUT2D eigenvalue weighted by molar-refractivity contribution is 6.39. The normalized spacial score (nSPS) is 14.9. The molecular weight excluding hydrogens is 420 g/mol. The van der Waals surface area contributed by atoms with Gasteiger partial charge in [0.25, 0.3) is 11.8 Å². The first-order valence-electron chi connectivity index (χ1n) is 10.3. The number of anilines is 1. The van der Waals surface area contributed by atoms with Crippen molar-refractivity contribution in [3.8, 4) is 11.5 Å². The second-order valence-electron chi connectivity index (χ2n) is 7.48. The van der Waals surface area contributed by atoms with Crippen LogP contribution in [-0.4, -0.2) is 25.0 Å². The summed E-state index contributed by atoms with van der Waals surface area (Å²) in [6.45, 7) is 2.23. The molecule has 1 fully saturated rings. The summed E-state index contributed by atoms with van der Waals surface area (Å²) < 4.78 is 11.3. The summed E-state index contributed by atoms with van der Waals surface area (Å²) >= 11 is 0. The van der Waals surface area contributed by atoms with Gasteiger partial charge in [0.15, 0.2) is 11.5 Å². The Morgan fingerprint density at radius 3 is 2.33 bits per heavy atom. The van der Waals surface area contributed by atoms with E-state index in [1.54, 1.807) is 42.5 Å². The van der Waals surface area contributed by atoms with Crippen LogP contribution in [-0.2, 0) is 16.2 Å². The minimum absolute atomic E-state index is 0.158. The summed E-state index contributed by atoms with van der Waals surface area (Å²) in [5.41, 5.74) is 2.74. The molecule has 0 saturated carbocycles. The van der Waals surface area contributed by atoms with Gasteiger partial charge in [-0.05, 0) is 48.4 Å². The number of ether oxygens (including phenoxy) is 2. The predicted molar refractivity (Wildman–Crippen MR) is 124 cm³/mol. The lowest BCUT2D eigenvalue weighted by Gasteiger charge is -2.26. The SMILES string of the molecule is COc1ccc(/C=C2\C(=O)NC(=O)N(c3ccc(C)cc3)C2=O)cc1OCc1ccccc1. The zero-order chi connectivity index (χ0) is 23.4. The quantitative estimate of drug-likeness (QED) is 0.456. The average molecular weight is 442 g/mol. The van der Waals surface area contributed by atoms with Gasteiger partial charge in [0.05, 0.1) is 12.8 Å². The van der Waals surface area contributed by atoms with E-state index in [0.717, 1.165) is 16.0 Å². The molecule has 7 nitrogen and oxygen atoms in total. The van der Waals surface area contributed by atoms with Crippen LogP contribution in [0.2, 0.25) is 0 Å². The van der Waals surface area contributed by atoms with Gasteiger partial charge < -0.3 is 9.47 Å². The molecule has 0 radical (unpaired) electrons. The maximum atomic E-state index is 13.1. The summed E-state index contributed by atoms with van der Waals surface area (Å²) in [6.07, 6.45) is 1.43. The molecule has 0 aromatic heterocycles. The largest absolute Gasteiger partial charge is 0.493 e. The molecule has 0 unspecified atom stereocenters. The van der Waals surface area contributed by atoms with E-state index in [9.17, 15) is 14.4 Å². The van der Waals surface area contributed by atoms with Crippen LogP contribution in [0.15, 0.2) is 78.4 Å². The van der Waals surface area contributed by atoms with E-state index in [1.807, 2.05) is 37.3 Å². The maximum Gasteiger partial charge on any atom is 0.335 e. The van der Waals surface area contributed by atoms with Crippen LogP contribution in [0.3, 0.4) is 0 Å². The highest BCUT2D eigenvalue weighted by Crippen LogP contribution is 2.30. The molecule has 0 bridgehead atoms. The Balaban J connectivity index is 1.63. The fraction of sp³-hybridized carbons (Fsp3) is 0.115. The fourth-order valence-electron chi connectivity index (χ4n) is 3.38. The lowest BCUT2D eigenvalue weighted by Crippen LogP contribution is -2.54. The Morgan fingerprint density at radius 1 is 0.909 bits per heavy atom. The number of nitrogens with one attached hydrogen (secondary N) is 1. The molecule has 1 aliphatic rings. The standard InChI is InChI=1S/C26H22N2O5/c1-17-8-11-20(12-9-17)28-25(30)21(24(29)27-26(28)31)14-19-10-13-22(32-2)23(15-19)33-16-18-6-4-3-5-7-18/h3-15H,16H2,1-2H3,(H,27,29,31)/b21-14+. The number of benzene rings is 3. The number of nitrogens with zero attached hydrogens (tertiary/aromatic N) is 1. The Labute approximate surface area is 191 Å². The summed E-state index contributed by atoms with van der Waals surface area (Å²) in [5.74, 6) is -0.471. The Hall–Kier alpha value is -4.39. The lowest BCUT2D eigenvalue weighted by molar-refractivity contribution is -0.122. The maximum absolute atomic E-state index is 13.1. The van der Waals surface area contributed by atoms with Gasteiger partial charge in [0.1, 0.15) is 12.2 Å². The summed E-state index contributed by atoms with van der Waals surface area (Å²) in [6, 6.07) is 20.8. The average Bonchev–Trinajstić information content (AvgIpc) is 2.82. The molecule has 1 saturated heterocycles. The molecule has 1 heterocycles. The monoisotopic (exact) mass is 442 g/mol. The van der Waals surface area contributed by atoms with E-state index in [4.69, 9.17) is 9.47 Å². The second-order valence-corrected chi connectivity index (χ2v) is 7.48. The number of methoxy groups -OCH3 is 1. The van der Waals surface area contributed by atoms with Crippen molar-refractivity contribution in [3.05, 3.63) is 95.1 Å². The number of barbiturate groups is 1. The zero-order valence-electron chi connectivity index (χ0n) is 18.2. The van der Waals surface area contributed by atoms with Gasteiger partial charge in [-0.3, -0.25) is 14.9 Å². The smallest absolute Gasteiger partial charge is 0.335 e. The third kappa shape index (κ3) is 4.77. The van der Waals surface area contributed by atoms with Crippen LogP contribution in [0.25, 0.3) is 6.08 Å². The van der Waals surface area contributed by atoms with Crippen LogP contribution >= 0.6 is 0 Å². The van der Waals surface area contributed by atoms with Gasteiger partial charge in [0.2, 0.25) is 0 Å². The van der Waals surface area contributed by atoms with Crippen molar-refractivity contribution < 1.29 is 23.9 Å². The van der Waals surface area contributed by atoms with Gasteiger partial charge in [-0.15, -0.1) is 0 Å². The zero-order valence-corrected chi connectivity index (χ0v) is 18.2. The van der Waals surface area contributed by atoms with Gasteiger partial charge in [0, 0.05) is 0 Å². The van der Waals surface area contributed by atoms with Crippen molar-refractivity contribution in [2.24, 2.45) is 0 Å². The third-order valence-corrected chi connectivity index (χ3v) is 5.13.